The predicted octanol–water partition coefficient (Wildman–Crippen LogP) is 3.78. The lowest BCUT2D eigenvalue weighted by Crippen LogP contribution is -2.34. The molecule has 4 nitrogen and oxygen atoms in total. The molecule has 0 unspecified atom stereocenters. The molecule has 2 aromatic rings. The molecule has 3 heterocycles. The van der Waals surface area contributed by atoms with Crippen LogP contribution in [-0.4, -0.2) is 34.7 Å². The van der Waals surface area contributed by atoms with E-state index < -0.39 is 0 Å². The van der Waals surface area contributed by atoms with E-state index >= 15 is 0 Å². The molecule has 1 aromatic heterocycles. The third-order valence-corrected chi connectivity index (χ3v) is 5.73. The Hall–Kier alpha value is -2.11. The normalized spacial score (nSPS) is 18.0. The van der Waals surface area contributed by atoms with E-state index in [1.54, 1.807) is 12.1 Å². The minimum absolute atomic E-state index is 0.190. The Balaban J connectivity index is 1.69. The zero-order valence-electron chi connectivity index (χ0n) is 13.6. The summed E-state index contributed by atoms with van der Waals surface area (Å²) in [4.78, 5) is 30.4. The van der Waals surface area contributed by atoms with Crippen LogP contribution in [0.25, 0.3) is 5.57 Å². The summed E-state index contributed by atoms with van der Waals surface area (Å²) >= 11 is 7.42. The van der Waals surface area contributed by atoms with Crippen molar-refractivity contribution in [3.8, 4) is 0 Å². The van der Waals surface area contributed by atoms with Gasteiger partial charge in [0.2, 0.25) is 0 Å². The average molecular weight is 373 g/mol. The van der Waals surface area contributed by atoms with Gasteiger partial charge in [-0.2, -0.15) is 0 Å². The number of carbonyl (C=O) groups is 2. The van der Waals surface area contributed by atoms with Gasteiger partial charge >= 0.3 is 0 Å². The van der Waals surface area contributed by atoms with Gasteiger partial charge in [0.15, 0.2) is 0 Å². The lowest BCUT2D eigenvalue weighted by Gasteiger charge is -2.20. The van der Waals surface area contributed by atoms with Crippen LogP contribution in [0.5, 0.6) is 0 Å². The summed E-state index contributed by atoms with van der Waals surface area (Å²) in [6.07, 6.45) is 2.11. The molecule has 0 aliphatic carbocycles. The smallest absolute Gasteiger partial charge is 0.278 e. The highest BCUT2D eigenvalue weighted by Crippen LogP contribution is 2.36. The second-order valence-corrected chi connectivity index (χ2v) is 7.60. The zero-order valence-corrected chi connectivity index (χ0v) is 15.1. The Kier molecular flexibility index (Phi) is 4.36. The number of halogens is 1. The number of amides is 2. The van der Waals surface area contributed by atoms with E-state index in [4.69, 9.17) is 11.6 Å². The van der Waals surface area contributed by atoms with Crippen molar-refractivity contribution in [1.82, 2.24) is 9.80 Å². The molecule has 1 aromatic carbocycles. The lowest BCUT2D eigenvalue weighted by molar-refractivity contribution is -0.138. The summed E-state index contributed by atoms with van der Waals surface area (Å²) in [5.74, 6) is -0.394. The Bertz CT molecular complexity index is 837. The van der Waals surface area contributed by atoms with Gasteiger partial charge in [-0.25, -0.2) is 0 Å². The topological polar surface area (TPSA) is 40.6 Å². The van der Waals surface area contributed by atoms with Crippen molar-refractivity contribution in [2.45, 2.75) is 19.4 Å². The molecule has 2 aliphatic rings. The van der Waals surface area contributed by atoms with Crippen molar-refractivity contribution in [2.75, 3.05) is 13.1 Å². The number of likely N-dealkylation sites (tertiary alicyclic amines) is 1. The number of carbonyl (C=O) groups excluding carboxylic acids is 2. The van der Waals surface area contributed by atoms with Crippen molar-refractivity contribution >= 4 is 40.3 Å². The number of thiophene rings is 1. The molecule has 4 rings (SSSR count). The van der Waals surface area contributed by atoms with Crippen LogP contribution in [0.2, 0.25) is 5.02 Å². The van der Waals surface area contributed by atoms with Crippen LogP contribution >= 0.6 is 22.9 Å². The number of benzene rings is 1. The van der Waals surface area contributed by atoms with Gasteiger partial charge in [0.05, 0.1) is 12.1 Å². The molecule has 0 N–H and O–H groups in total. The first kappa shape index (κ1) is 16.4. The number of imide groups is 1. The van der Waals surface area contributed by atoms with Crippen molar-refractivity contribution in [1.29, 1.82) is 0 Å². The average Bonchev–Trinajstić information content (AvgIpc) is 3.34. The van der Waals surface area contributed by atoms with Gasteiger partial charge in [0.25, 0.3) is 11.8 Å². The molecule has 1 saturated heterocycles. The molecule has 0 atom stereocenters. The molecule has 25 heavy (non-hydrogen) atoms. The minimum atomic E-state index is -0.204. The van der Waals surface area contributed by atoms with E-state index in [-0.39, 0.29) is 18.4 Å². The van der Waals surface area contributed by atoms with Gasteiger partial charge in [-0.3, -0.25) is 14.5 Å². The van der Waals surface area contributed by atoms with Gasteiger partial charge in [0.1, 0.15) is 5.70 Å². The summed E-state index contributed by atoms with van der Waals surface area (Å²) in [6, 6.07) is 11.1. The van der Waals surface area contributed by atoms with Crippen LogP contribution in [0.4, 0.5) is 0 Å². The molecule has 0 radical (unpaired) electrons. The zero-order chi connectivity index (χ0) is 17.4. The fraction of sp³-hybridized carbons (Fsp3) is 0.263. The Labute approximate surface area is 155 Å². The number of rotatable bonds is 4. The van der Waals surface area contributed by atoms with Crippen molar-refractivity contribution in [3.05, 3.63) is 62.9 Å². The predicted molar refractivity (Wildman–Crippen MR) is 99.1 cm³/mol. The summed E-state index contributed by atoms with van der Waals surface area (Å²) in [5.41, 5.74) is 2.01. The third kappa shape index (κ3) is 2.98. The van der Waals surface area contributed by atoms with Crippen LogP contribution in [0, 0.1) is 0 Å². The van der Waals surface area contributed by atoms with Gasteiger partial charge in [-0.1, -0.05) is 29.8 Å². The van der Waals surface area contributed by atoms with E-state index in [1.807, 2.05) is 29.6 Å². The number of nitrogens with zero attached hydrogens (tertiary/aromatic N) is 2. The quantitative estimate of drug-likeness (QED) is 0.767. The first-order valence-corrected chi connectivity index (χ1v) is 9.54. The molecule has 0 saturated carbocycles. The minimum Gasteiger partial charge on any atom is -0.366 e. The van der Waals surface area contributed by atoms with Gasteiger partial charge < -0.3 is 4.90 Å². The van der Waals surface area contributed by atoms with Crippen LogP contribution in [0.15, 0.2) is 47.5 Å². The van der Waals surface area contributed by atoms with Gasteiger partial charge in [-0.05, 0) is 42.0 Å². The Morgan fingerprint density at radius 2 is 1.72 bits per heavy atom. The molecular weight excluding hydrogens is 356 g/mol. The molecule has 0 spiro atoms. The molecule has 2 amide bonds. The van der Waals surface area contributed by atoms with Crippen molar-refractivity contribution in [2.24, 2.45) is 0 Å². The highest BCUT2D eigenvalue weighted by atomic mass is 35.5. The molecule has 6 heteroatoms. The van der Waals surface area contributed by atoms with Crippen LogP contribution < -0.4 is 0 Å². The SMILES string of the molecule is O=C1C(c2cccs2)=C(N2CCCC2)C(=O)N1Cc1ccc(Cl)cc1. The van der Waals surface area contributed by atoms with E-state index in [0.29, 0.717) is 16.3 Å². The highest BCUT2D eigenvalue weighted by molar-refractivity contribution is 7.11. The monoisotopic (exact) mass is 372 g/mol. The molecular formula is C19H17ClN2O2S. The number of hydrogen-bond donors (Lipinski definition) is 0. The van der Waals surface area contributed by atoms with Crippen molar-refractivity contribution < 1.29 is 9.59 Å². The fourth-order valence-electron chi connectivity index (χ4n) is 3.36. The first-order valence-electron chi connectivity index (χ1n) is 8.29. The van der Waals surface area contributed by atoms with Gasteiger partial charge in [0, 0.05) is 23.0 Å². The Morgan fingerprint density at radius 3 is 2.36 bits per heavy atom. The first-order chi connectivity index (χ1) is 12.1. The van der Waals surface area contributed by atoms with Crippen molar-refractivity contribution in [3.63, 3.8) is 0 Å². The second-order valence-electron chi connectivity index (χ2n) is 6.22. The van der Waals surface area contributed by atoms with E-state index in [9.17, 15) is 9.59 Å². The Morgan fingerprint density at radius 1 is 1.00 bits per heavy atom. The maximum Gasteiger partial charge on any atom is 0.278 e. The van der Waals surface area contributed by atoms with Crippen LogP contribution in [0.1, 0.15) is 23.3 Å². The molecule has 1 fully saturated rings. The third-order valence-electron chi connectivity index (χ3n) is 4.59. The largest absolute Gasteiger partial charge is 0.366 e. The summed E-state index contributed by atoms with van der Waals surface area (Å²) in [6.45, 7) is 1.93. The van der Waals surface area contributed by atoms with E-state index in [0.717, 1.165) is 36.4 Å². The molecule has 128 valence electrons. The maximum absolute atomic E-state index is 13.1. The highest BCUT2D eigenvalue weighted by Gasteiger charge is 2.42. The van der Waals surface area contributed by atoms with Gasteiger partial charge in [-0.15, -0.1) is 11.3 Å². The second kappa shape index (κ2) is 6.65. The van der Waals surface area contributed by atoms with Crippen LogP contribution in [0.3, 0.4) is 0 Å². The number of hydrogen-bond acceptors (Lipinski definition) is 4. The molecule has 0 bridgehead atoms. The fourth-order valence-corrected chi connectivity index (χ4v) is 4.24. The summed E-state index contributed by atoms with van der Waals surface area (Å²) in [7, 11) is 0. The molecule has 2 aliphatic heterocycles. The van der Waals surface area contributed by atoms with Crippen LogP contribution in [-0.2, 0) is 16.1 Å². The van der Waals surface area contributed by atoms with E-state index in [2.05, 4.69) is 4.90 Å². The maximum atomic E-state index is 13.1. The summed E-state index contributed by atoms with van der Waals surface area (Å²) in [5, 5.41) is 2.57. The summed E-state index contributed by atoms with van der Waals surface area (Å²) < 4.78 is 0. The standard InChI is InChI=1S/C19H17ClN2O2S/c20-14-7-5-13(6-8-14)12-22-18(23)16(15-4-3-11-25-15)17(19(22)24)21-9-1-2-10-21/h3-8,11H,1-2,9-10,12H2. The lowest BCUT2D eigenvalue weighted by atomic mass is 10.1. The van der Waals surface area contributed by atoms with E-state index in [1.165, 1.54) is 16.2 Å².